The predicted octanol–water partition coefficient (Wildman–Crippen LogP) is 23.9. The third-order valence-electron chi connectivity index (χ3n) is 21.3. The van der Waals surface area contributed by atoms with E-state index in [1.54, 1.807) is 5.57 Å². The number of carbonyl (C=O) groups excluding carboxylic acids is 4. The Hall–Kier alpha value is -3.72. The Balaban J connectivity index is 1.15. The molecule has 0 saturated heterocycles. The van der Waals surface area contributed by atoms with E-state index in [-0.39, 0.29) is 66.2 Å². The number of hydrogen-bond donors (Lipinski definition) is 0. The number of rotatable bonds is 56. The second-order valence-electron chi connectivity index (χ2n) is 29.1. The third-order valence-corrected chi connectivity index (χ3v) is 21.3. The van der Waals surface area contributed by atoms with Gasteiger partial charge >= 0.3 is 23.9 Å². The Labute approximate surface area is 565 Å². The van der Waals surface area contributed by atoms with Crippen molar-refractivity contribution >= 4 is 23.9 Å². The molecule has 3 saturated carbocycles. The van der Waals surface area contributed by atoms with E-state index in [1.807, 2.05) is 0 Å². The van der Waals surface area contributed by atoms with Gasteiger partial charge in [-0.3, -0.25) is 19.2 Å². The van der Waals surface area contributed by atoms with Crippen molar-refractivity contribution in [2.75, 3.05) is 13.2 Å². The number of fused-ring (bicyclic) bond motifs is 5. The molecule has 526 valence electrons. The fourth-order valence-electron chi connectivity index (χ4n) is 15.6. The predicted molar refractivity (Wildman–Crippen MR) is 384 cm³/mol. The van der Waals surface area contributed by atoms with Gasteiger partial charge in [0.25, 0.3) is 0 Å². The topological polar surface area (TPSA) is 114 Å². The molecular formula is C83H140O9. The monoisotopic (exact) mass is 1280 g/mol. The highest BCUT2D eigenvalue weighted by Crippen LogP contribution is 2.66. The summed E-state index contributed by atoms with van der Waals surface area (Å²) in [6, 6.07) is 0. The maximum absolute atomic E-state index is 13.1. The SMILES string of the molecule is CCCCC/C=C\C/C=C\CCCCCCCC(=O)OC(COC(=O)CCCCCCC/C=C\CCCCCCCC)COC(=O)CCCCCCC/C=C\C(/C=C\CCCCC)OC1C=C2CC[C@H]3[C@@H]4CC[C@H](OC(=O)CCCCCC)[C@@]4(C)CC[C@@H]3[C@@]2(C)CC1. The fraction of sp³-hybridized carbons (Fsp3) is 0.807. The van der Waals surface area contributed by atoms with Crippen LogP contribution in [-0.4, -0.2) is 61.5 Å². The summed E-state index contributed by atoms with van der Waals surface area (Å²) >= 11 is 0. The molecule has 0 radical (unpaired) electrons. The van der Waals surface area contributed by atoms with Crippen LogP contribution < -0.4 is 0 Å². The Morgan fingerprint density at radius 3 is 1.39 bits per heavy atom. The highest BCUT2D eigenvalue weighted by atomic mass is 16.6. The van der Waals surface area contributed by atoms with Crippen LogP contribution in [0.2, 0.25) is 0 Å². The lowest BCUT2D eigenvalue weighted by atomic mass is 9.47. The Morgan fingerprint density at radius 1 is 0.446 bits per heavy atom. The zero-order valence-electron chi connectivity index (χ0n) is 60.3. The number of esters is 4. The number of allylic oxidation sites excluding steroid dienone is 9. The van der Waals surface area contributed by atoms with Gasteiger partial charge in [-0.15, -0.1) is 0 Å². The van der Waals surface area contributed by atoms with Crippen LogP contribution in [0.4, 0.5) is 0 Å². The molecule has 9 heteroatoms. The molecule has 0 bridgehead atoms. The van der Waals surface area contributed by atoms with E-state index in [4.69, 9.17) is 23.7 Å². The van der Waals surface area contributed by atoms with Crippen molar-refractivity contribution in [2.45, 2.75) is 387 Å². The summed E-state index contributed by atoms with van der Waals surface area (Å²) in [4.78, 5) is 51.9. The second-order valence-corrected chi connectivity index (χ2v) is 29.1. The van der Waals surface area contributed by atoms with Gasteiger partial charge in [-0.1, -0.05) is 249 Å². The van der Waals surface area contributed by atoms with Crippen LogP contribution in [0.15, 0.2) is 72.4 Å². The molecule has 9 nitrogen and oxygen atoms in total. The minimum Gasteiger partial charge on any atom is -0.462 e. The highest BCUT2D eigenvalue weighted by Gasteiger charge is 2.60. The first-order chi connectivity index (χ1) is 45.0. The van der Waals surface area contributed by atoms with E-state index in [1.165, 1.54) is 141 Å². The van der Waals surface area contributed by atoms with E-state index >= 15 is 0 Å². The van der Waals surface area contributed by atoms with Gasteiger partial charge in [0.05, 0.1) is 12.2 Å². The van der Waals surface area contributed by atoms with Crippen LogP contribution in [0.1, 0.15) is 363 Å². The van der Waals surface area contributed by atoms with E-state index in [0.29, 0.717) is 43.4 Å². The van der Waals surface area contributed by atoms with E-state index in [0.717, 1.165) is 154 Å². The van der Waals surface area contributed by atoms with Crippen LogP contribution >= 0.6 is 0 Å². The van der Waals surface area contributed by atoms with E-state index in [9.17, 15) is 19.2 Å². The number of hydrogen-bond acceptors (Lipinski definition) is 9. The fourth-order valence-corrected chi connectivity index (χ4v) is 15.6. The third kappa shape index (κ3) is 34.3. The molecule has 4 aliphatic carbocycles. The lowest BCUT2D eigenvalue weighted by molar-refractivity contribution is -0.167. The molecule has 0 aliphatic heterocycles. The van der Waals surface area contributed by atoms with Gasteiger partial charge in [0.15, 0.2) is 6.10 Å². The maximum Gasteiger partial charge on any atom is 0.306 e. The number of carbonyl (C=O) groups is 4. The zero-order chi connectivity index (χ0) is 66.0. The van der Waals surface area contributed by atoms with Crippen molar-refractivity contribution < 1.29 is 42.9 Å². The van der Waals surface area contributed by atoms with Gasteiger partial charge < -0.3 is 23.7 Å². The largest absolute Gasteiger partial charge is 0.462 e. The van der Waals surface area contributed by atoms with E-state index < -0.39 is 6.10 Å². The van der Waals surface area contributed by atoms with Crippen molar-refractivity contribution in [3.8, 4) is 0 Å². The molecule has 0 aromatic rings. The van der Waals surface area contributed by atoms with Crippen LogP contribution in [0, 0.1) is 28.6 Å². The minimum absolute atomic E-state index is 0.0298. The molecule has 3 fully saturated rings. The molecule has 92 heavy (non-hydrogen) atoms. The van der Waals surface area contributed by atoms with Gasteiger partial charge in [0, 0.05) is 31.1 Å². The quantitative estimate of drug-likeness (QED) is 0.0254. The van der Waals surface area contributed by atoms with Crippen LogP contribution in [0.5, 0.6) is 0 Å². The highest BCUT2D eigenvalue weighted by molar-refractivity contribution is 5.71. The first-order valence-electron chi connectivity index (χ1n) is 39.3. The van der Waals surface area contributed by atoms with Gasteiger partial charge in [0.2, 0.25) is 0 Å². The van der Waals surface area contributed by atoms with Gasteiger partial charge in [-0.2, -0.15) is 0 Å². The number of unbranched alkanes of at least 4 members (excludes halogenated alkanes) is 30. The Morgan fingerprint density at radius 2 is 0.870 bits per heavy atom. The summed E-state index contributed by atoms with van der Waals surface area (Å²) in [7, 11) is 0. The van der Waals surface area contributed by atoms with Gasteiger partial charge in [-0.25, -0.2) is 0 Å². The average Bonchev–Trinajstić information content (AvgIpc) is 1.33. The summed E-state index contributed by atoms with van der Waals surface area (Å²) in [6.45, 7) is 13.8. The van der Waals surface area contributed by atoms with Gasteiger partial charge in [0.1, 0.15) is 19.3 Å². The molecule has 0 aromatic carbocycles. The smallest absolute Gasteiger partial charge is 0.306 e. The Kier molecular flexibility index (Phi) is 45.2. The maximum atomic E-state index is 13.1. The Bertz CT molecular complexity index is 2120. The second kappa shape index (κ2) is 51.5. The lowest BCUT2D eigenvalue weighted by Gasteiger charge is -2.58. The van der Waals surface area contributed by atoms with Crippen LogP contribution in [-0.2, 0) is 42.9 Å². The minimum atomic E-state index is -0.821. The van der Waals surface area contributed by atoms with Crippen molar-refractivity contribution in [1.29, 1.82) is 0 Å². The lowest BCUT2D eigenvalue weighted by Crippen LogP contribution is -2.52. The molecule has 0 heterocycles. The molecule has 0 aromatic heterocycles. The van der Waals surface area contributed by atoms with Crippen molar-refractivity contribution in [3.05, 3.63) is 72.4 Å². The van der Waals surface area contributed by atoms with Crippen LogP contribution in [0.25, 0.3) is 0 Å². The number of ether oxygens (including phenoxy) is 5. The molecule has 4 rings (SSSR count). The molecule has 0 amide bonds. The summed E-state index contributed by atoms with van der Waals surface area (Å²) in [6.07, 6.45) is 78.5. The normalized spacial score (nSPS) is 22.9. The van der Waals surface area contributed by atoms with Crippen LogP contribution in [0.3, 0.4) is 0 Å². The molecule has 3 unspecified atom stereocenters. The molecule has 9 atom stereocenters. The molecule has 4 aliphatic rings. The zero-order valence-corrected chi connectivity index (χ0v) is 60.3. The summed E-state index contributed by atoms with van der Waals surface area (Å²) in [5.74, 6) is 1.13. The van der Waals surface area contributed by atoms with Crippen molar-refractivity contribution in [1.82, 2.24) is 0 Å². The van der Waals surface area contributed by atoms with Crippen molar-refractivity contribution in [2.24, 2.45) is 28.6 Å². The van der Waals surface area contributed by atoms with Crippen molar-refractivity contribution in [3.63, 3.8) is 0 Å². The summed E-state index contributed by atoms with van der Waals surface area (Å²) in [5.41, 5.74) is 1.97. The van der Waals surface area contributed by atoms with Gasteiger partial charge in [-0.05, 0) is 184 Å². The molecule has 0 N–H and O–H groups in total. The molecular weight excluding hydrogens is 1140 g/mol. The first-order valence-corrected chi connectivity index (χ1v) is 39.3. The van der Waals surface area contributed by atoms with E-state index in [2.05, 4.69) is 108 Å². The first kappa shape index (κ1) is 80.7. The molecule has 0 spiro atoms. The average molecular weight is 1280 g/mol. The standard InChI is InChI=1S/C83H140O9/c1-7-11-15-19-21-23-25-27-29-31-33-35-39-44-50-55-78(84)88-68-73(91-80(86)57-52-46-40-36-34-32-30-28-26-24-22-20-16-12-8-2)69-89-79(85)56-51-45-41-37-38-43-48-54-71(53-47-42-17-13-9-3)90-72-63-65-82(5)70(67-72)59-60-74-75-61-62-77(83(75,6)66-64-76(74)82)92-81(87)58-49-18-14-10-4/h22,24,27-30,47-48,53-54,67,71-77H,7-21,23,25-26,31-46,49-52,55-66,68-69H2,1-6H3/b24-22-,29-27-,30-28-,53-47-,54-48-/t71?,72?,73?,74-,75-,76-,77-,82-,83-/m0/s1. The summed E-state index contributed by atoms with van der Waals surface area (Å²) < 4.78 is 30.4. The summed E-state index contributed by atoms with van der Waals surface area (Å²) in [5, 5.41) is 0.